The van der Waals surface area contributed by atoms with Crippen LogP contribution in [-0.4, -0.2) is 43.1 Å². The number of allylic oxidation sites excluding steroid dienone is 1. The number of alkyl halides is 3. The lowest BCUT2D eigenvalue weighted by molar-refractivity contribution is -0.129. The van der Waals surface area contributed by atoms with Crippen LogP contribution < -0.4 is 4.74 Å². The summed E-state index contributed by atoms with van der Waals surface area (Å²) in [5.41, 5.74) is 1.97. The Hall–Kier alpha value is -1.66. The van der Waals surface area contributed by atoms with E-state index in [4.69, 9.17) is 21.1 Å². The van der Waals surface area contributed by atoms with Crippen molar-refractivity contribution in [2.45, 2.75) is 25.1 Å². The Morgan fingerprint density at radius 3 is 2.78 bits per heavy atom. The molecule has 0 bridgehead atoms. The average Bonchev–Trinajstić information content (AvgIpc) is 2.50. The molecule has 0 radical (unpaired) electrons. The van der Waals surface area contributed by atoms with E-state index in [0.29, 0.717) is 23.4 Å². The Morgan fingerprint density at radius 2 is 2.17 bits per heavy atom. The zero-order valence-corrected chi connectivity index (χ0v) is 13.6. The minimum atomic E-state index is -2.63. The second-order valence-electron chi connectivity index (χ2n) is 5.16. The number of aryl methyl sites for hydroxylation is 1. The van der Waals surface area contributed by atoms with Crippen LogP contribution in [0.2, 0.25) is 0 Å². The fourth-order valence-corrected chi connectivity index (χ4v) is 2.64. The van der Waals surface area contributed by atoms with Crippen molar-refractivity contribution in [3.8, 4) is 5.75 Å². The number of hydrogen-bond donors (Lipinski definition) is 0. The summed E-state index contributed by atoms with van der Waals surface area (Å²) in [6, 6.07) is 5.22. The van der Waals surface area contributed by atoms with Crippen molar-refractivity contribution in [2.75, 3.05) is 20.4 Å². The molecule has 1 unspecified atom stereocenters. The largest absolute Gasteiger partial charge is 0.468 e. The van der Waals surface area contributed by atoms with E-state index >= 15 is 0 Å². The van der Waals surface area contributed by atoms with Gasteiger partial charge < -0.3 is 14.4 Å². The summed E-state index contributed by atoms with van der Waals surface area (Å²) in [6.07, 6.45) is -0.593. The Bertz CT molecular complexity index is 607. The normalized spacial score (nSPS) is 18.3. The standard InChI is InChI=1S/C16H18ClF2NO3/c1-10-7-11(23-9-22-2)3-4-12(10)14-6-5-13(17)16(21)20(14)8-15(18)19/h3-4,6-7,13,15H,5,8-9H2,1-2H3. The van der Waals surface area contributed by atoms with E-state index in [1.54, 1.807) is 24.3 Å². The first kappa shape index (κ1) is 17.7. The first-order valence-corrected chi connectivity index (χ1v) is 7.54. The number of hydrogen-bond acceptors (Lipinski definition) is 3. The molecule has 1 aliphatic heterocycles. The summed E-state index contributed by atoms with van der Waals surface area (Å²) >= 11 is 5.91. The fraction of sp³-hybridized carbons (Fsp3) is 0.438. The van der Waals surface area contributed by atoms with Crippen molar-refractivity contribution in [3.63, 3.8) is 0 Å². The number of carbonyl (C=O) groups is 1. The summed E-state index contributed by atoms with van der Waals surface area (Å²) in [5, 5.41) is -0.804. The number of carbonyl (C=O) groups excluding carboxylic acids is 1. The minimum absolute atomic E-state index is 0.116. The third-order valence-electron chi connectivity index (χ3n) is 3.48. The third kappa shape index (κ3) is 4.20. The van der Waals surface area contributed by atoms with Gasteiger partial charge in [-0.05, 0) is 37.1 Å². The van der Waals surface area contributed by atoms with Crippen LogP contribution in [0.3, 0.4) is 0 Å². The van der Waals surface area contributed by atoms with Gasteiger partial charge in [0.25, 0.3) is 6.43 Å². The Morgan fingerprint density at radius 1 is 1.43 bits per heavy atom. The highest BCUT2D eigenvalue weighted by atomic mass is 35.5. The van der Waals surface area contributed by atoms with Crippen LogP contribution >= 0.6 is 11.6 Å². The number of amides is 1. The number of halogens is 3. The maximum Gasteiger partial charge on any atom is 0.256 e. The van der Waals surface area contributed by atoms with Gasteiger partial charge in [0.15, 0.2) is 6.79 Å². The average molecular weight is 346 g/mol. The van der Waals surface area contributed by atoms with Crippen LogP contribution in [0.4, 0.5) is 8.78 Å². The molecule has 1 atom stereocenters. The minimum Gasteiger partial charge on any atom is -0.468 e. The molecule has 0 aliphatic carbocycles. The molecule has 126 valence electrons. The van der Waals surface area contributed by atoms with Gasteiger partial charge in [0.2, 0.25) is 5.91 Å². The van der Waals surface area contributed by atoms with Gasteiger partial charge in [-0.25, -0.2) is 8.78 Å². The van der Waals surface area contributed by atoms with Crippen molar-refractivity contribution < 1.29 is 23.0 Å². The molecule has 2 rings (SSSR count). The lowest BCUT2D eigenvalue weighted by atomic mass is 9.99. The summed E-state index contributed by atoms with van der Waals surface area (Å²) < 4.78 is 35.8. The first-order valence-electron chi connectivity index (χ1n) is 7.10. The summed E-state index contributed by atoms with van der Waals surface area (Å²) in [4.78, 5) is 13.2. The molecule has 0 spiro atoms. The molecule has 4 nitrogen and oxygen atoms in total. The second kappa shape index (κ2) is 7.75. The molecule has 0 saturated carbocycles. The zero-order valence-electron chi connectivity index (χ0n) is 12.9. The van der Waals surface area contributed by atoms with Gasteiger partial charge in [0.1, 0.15) is 11.1 Å². The van der Waals surface area contributed by atoms with Gasteiger partial charge in [-0.3, -0.25) is 4.79 Å². The van der Waals surface area contributed by atoms with E-state index in [1.807, 2.05) is 6.92 Å². The highest BCUT2D eigenvalue weighted by Crippen LogP contribution is 2.32. The van der Waals surface area contributed by atoms with Crippen LogP contribution in [0.1, 0.15) is 17.5 Å². The number of ether oxygens (including phenoxy) is 2. The van der Waals surface area contributed by atoms with Crippen LogP contribution in [0.25, 0.3) is 5.70 Å². The van der Waals surface area contributed by atoms with Crippen molar-refractivity contribution in [1.29, 1.82) is 0 Å². The van der Waals surface area contributed by atoms with Crippen LogP contribution in [0.15, 0.2) is 24.3 Å². The molecule has 1 amide bonds. The van der Waals surface area contributed by atoms with E-state index in [-0.39, 0.29) is 6.79 Å². The Labute approximate surface area is 138 Å². The molecule has 7 heteroatoms. The molecule has 0 saturated heterocycles. The van der Waals surface area contributed by atoms with Gasteiger partial charge in [-0.1, -0.05) is 6.08 Å². The summed E-state index contributed by atoms with van der Waals surface area (Å²) in [6.45, 7) is 1.27. The highest BCUT2D eigenvalue weighted by Gasteiger charge is 2.32. The third-order valence-corrected chi connectivity index (χ3v) is 3.85. The summed E-state index contributed by atoms with van der Waals surface area (Å²) in [5.74, 6) is 0.107. The smallest absolute Gasteiger partial charge is 0.256 e. The summed E-state index contributed by atoms with van der Waals surface area (Å²) in [7, 11) is 1.52. The van der Waals surface area contributed by atoms with Crippen LogP contribution in [0.5, 0.6) is 5.75 Å². The fourth-order valence-electron chi connectivity index (χ4n) is 2.44. The van der Waals surface area contributed by atoms with E-state index in [1.165, 1.54) is 7.11 Å². The van der Waals surface area contributed by atoms with Crippen molar-refractivity contribution in [1.82, 2.24) is 4.90 Å². The topological polar surface area (TPSA) is 38.8 Å². The Balaban J connectivity index is 2.32. The number of nitrogens with zero attached hydrogens (tertiary/aromatic N) is 1. The first-order chi connectivity index (χ1) is 10.9. The molecule has 0 aromatic heterocycles. The second-order valence-corrected chi connectivity index (χ2v) is 5.69. The molecule has 1 aromatic carbocycles. The number of benzene rings is 1. The van der Waals surface area contributed by atoms with E-state index in [0.717, 1.165) is 10.5 Å². The SMILES string of the molecule is COCOc1ccc(C2=CCC(Cl)C(=O)N2CC(F)F)c(C)c1. The van der Waals surface area contributed by atoms with Crippen LogP contribution in [-0.2, 0) is 9.53 Å². The van der Waals surface area contributed by atoms with Gasteiger partial charge in [-0.15, -0.1) is 11.6 Å². The number of rotatable bonds is 6. The quantitative estimate of drug-likeness (QED) is 0.585. The lowest BCUT2D eigenvalue weighted by Crippen LogP contribution is -2.41. The van der Waals surface area contributed by atoms with E-state index < -0.39 is 24.3 Å². The van der Waals surface area contributed by atoms with Gasteiger partial charge >= 0.3 is 0 Å². The van der Waals surface area contributed by atoms with Gasteiger partial charge in [-0.2, -0.15) is 0 Å². The predicted molar refractivity (Wildman–Crippen MR) is 83.6 cm³/mol. The lowest BCUT2D eigenvalue weighted by Gasteiger charge is -2.31. The molecule has 0 N–H and O–H groups in total. The van der Waals surface area contributed by atoms with Crippen molar-refractivity contribution >= 4 is 23.2 Å². The Kier molecular flexibility index (Phi) is 5.96. The predicted octanol–water partition coefficient (Wildman–Crippen LogP) is 3.42. The molecular weight excluding hydrogens is 328 g/mol. The highest BCUT2D eigenvalue weighted by molar-refractivity contribution is 6.31. The van der Waals surface area contributed by atoms with Gasteiger partial charge in [0, 0.05) is 18.4 Å². The maximum atomic E-state index is 12.8. The van der Waals surface area contributed by atoms with Crippen molar-refractivity contribution in [3.05, 3.63) is 35.4 Å². The molecule has 1 aliphatic rings. The van der Waals surface area contributed by atoms with Crippen LogP contribution in [0, 0.1) is 6.92 Å². The van der Waals surface area contributed by atoms with E-state index in [9.17, 15) is 13.6 Å². The molecule has 23 heavy (non-hydrogen) atoms. The molecular formula is C16H18ClF2NO3. The molecule has 1 heterocycles. The number of methoxy groups -OCH3 is 1. The zero-order chi connectivity index (χ0) is 17.0. The van der Waals surface area contributed by atoms with Crippen molar-refractivity contribution in [2.24, 2.45) is 0 Å². The monoisotopic (exact) mass is 345 g/mol. The maximum absolute atomic E-state index is 12.8. The molecule has 0 fully saturated rings. The van der Waals surface area contributed by atoms with Gasteiger partial charge in [0.05, 0.1) is 6.54 Å². The van der Waals surface area contributed by atoms with E-state index in [2.05, 4.69) is 0 Å². The molecule has 1 aromatic rings.